The second-order valence-electron chi connectivity index (χ2n) is 6.21. The number of hydrogen-bond acceptors (Lipinski definition) is 2. The second kappa shape index (κ2) is 13.4. The third-order valence-electron chi connectivity index (χ3n) is 4.24. The van der Waals surface area contributed by atoms with E-state index in [1.54, 1.807) is 0 Å². The average Bonchev–Trinajstić information content (AvgIpc) is 3.28. The van der Waals surface area contributed by atoms with Gasteiger partial charge in [-0.3, -0.25) is 4.99 Å². The molecule has 0 spiro atoms. The number of hydrogen-bond donors (Lipinski definition) is 2. The first kappa shape index (κ1) is 22.0. The highest BCUT2D eigenvalue weighted by Crippen LogP contribution is 2.32. The molecule has 132 valence electrons. The van der Waals surface area contributed by atoms with E-state index in [-0.39, 0.29) is 24.0 Å². The molecular formula is C17H37IN4. The van der Waals surface area contributed by atoms with Crippen LogP contribution in [0.1, 0.15) is 59.8 Å². The Morgan fingerprint density at radius 3 is 2.45 bits per heavy atom. The van der Waals surface area contributed by atoms with Gasteiger partial charge in [0.25, 0.3) is 0 Å². The Kier molecular flexibility index (Phi) is 13.4. The van der Waals surface area contributed by atoms with Crippen LogP contribution in [-0.4, -0.2) is 49.6 Å². The Morgan fingerprint density at radius 2 is 1.91 bits per heavy atom. The van der Waals surface area contributed by atoms with Crippen molar-refractivity contribution in [2.75, 3.05) is 32.7 Å². The summed E-state index contributed by atoms with van der Waals surface area (Å²) in [4.78, 5) is 7.18. The standard InChI is InChI=1S/C17H36N4.HI/c1-5-18-17(19-13-12-16-10-11-16)20-15(4)9-8-14-21(6-2)7-3;/h15-16H,5-14H2,1-4H3,(H2,18,19,20);1H. The number of guanidine groups is 1. The molecule has 0 radical (unpaired) electrons. The summed E-state index contributed by atoms with van der Waals surface area (Å²) in [7, 11) is 0. The van der Waals surface area contributed by atoms with E-state index in [1.165, 1.54) is 38.6 Å². The molecule has 0 saturated heterocycles. The third-order valence-corrected chi connectivity index (χ3v) is 4.24. The van der Waals surface area contributed by atoms with Gasteiger partial charge in [0.15, 0.2) is 5.96 Å². The van der Waals surface area contributed by atoms with Crippen LogP contribution >= 0.6 is 24.0 Å². The minimum Gasteiger partial charge on any atom is -0.357 e. The van der Waals surface area contributed by atoms with E-state index in [9.17, 15) is 0 Å². The van der Waals surface area contributed by atoms with Crippen molar-refractivity contribution in [3.8, 4) is 0 Å². The summed E-state index contributed by atoms with van der Waals surface area (Å²) in [6, 6.07) is 0.485. The fraction of sp³-hybridized carbons (Fsp3) is 0.941. The predicted molar refractivity (Wildman–Crippen MR) is 108 cm³/mol. The second-order valence-corrected chi connectivity index (χ2v) is 6.21. The summed E-state index contributed by atoms with van der Waals surface area (Å²) in [5.41, 5.74) is 0. The highest BCUT2D eigenvalue weighted by Gasteiger charge is 2.20. The normalized spacial score (nSPS) is 16.3. The van der Waals surface area contributed by atoms with Crippen molar-refractivity contribution in [3.05, 3.63) is 0 Å². The highest BCUT2D eigenvalue weighted by molar-refractivity contribution is 14.0. The zero-order chi connectivity index (χ0) is 15.5. The lowest BCUT2D eigenvalue weighted by Gasteiger charge is -2.21. The Bertz CT molecular complexity index is 288. The van der Waals surface area contributed by atoms with E-state index in [4.69, 9.17) is 4.99 Å². The largest absolute Gasteiger partial charge is 0.357 e. The molecule has 0 aromatic heterocycles. The monoisotopic (exact) mass is 424 g/mol. The molecule has 0 amide bonds. The summed E-state index contributed by atoms with van der Waals surface area (Å²) in [6.45, 7) is 14.3. The molecule has 1 aliphatic carbocycles. The lowest BCUT2D eigenvalue weighted by atomic mass is 10.2. The molecule has 1 rings (SSSR count). The molecule has 0 heterocycles. The first-order valence-electron chi connectivity index (χ1n) is 8.96. The molecular weight excluding hydrogens is 387 g/mol. The minimum atomic E-state index is 0. The molecule has 0 bridgehead atoms. The maximum atomic E-state index is 4.69. The van der Waals surface area contributed by atoms with E-state index >= 15 is 0 Å². The lowest BCUT2D eigenvalue weighted by molar-refractivity contribution is 0.292. The average molecular weight is 424 g/mol. The molecule has 0 aromatic carbocycles. The molecule has 22 heavy (non-hydrogen) atoms. The van der Waals surface area contributed by atoms with Gasteiger partial charge in [-0.05, 0) is 58.7 Å². The summed E-state index contributed by atoms with van der Waals surface area (Å²) in [5.74, 6) is 1.96. The van der Waals surface area contributed by atoms with Crippen LogP contribution in [0.25, 0.3) is 0 Å². The van der Waals surface area contributed by atoms with Crippen molar-refractivity contribution >= 4 is 29.9 Å². The summed E-state index contributed by atoms with van der Waals surface area (Å²) >= 11 is 0. The topological polar surface area (TPSA) is 39.7 Å². The molecule has 1 fully saturated rings. The van der Waals surface area contributed by atoms with Gasteiger partial charge in [0.2, 0.25) is 0 Å². The molecule has 1 saturated carbocycles. The van der Waals surface area contributed by atoms with Crippen molar-refractivity contribution in [2.45, 2.75) is 65.8 Å². The maximum absolute atomic E-state index is 4.69. The Morgan fingerprint density at radius 1 is 1.23 bits per heavy atom. The number of rotatable bonds is 11. The van der Waals surface area contributed by atoms with Crippen LogP contribution in [0.15, 0.2) is 4.99 Å². The smallest absolute Gasteiger partial charge is 0.191 e. The molecule has 1 unspecified atom stereocenters. The van der Waals surface area contributed by atoms with Crippen molar-refractivity contribution in [2.24, 2.45) is 10.9 Å². The SMILES string of the molecule is CCNC(=NCCC1CC1)NC(C)CCCN(CC)CC.I. The van der Waals surface area contributed by atoms with Crippen LogP contribution in [0.2, 0.25) is 0 Å². The van der Waals surface area contributed by atoms with Crippen LogP contribution in [0.5, 0.6) is 0 Å². The van der Waals surface area contributed by atoms with Crippen molar-refractivity contribution in [1.82, 2.24) is 15.5 Å². The van der Waals surface area contributed by atoms with Crippen molar-refractivity contribution in [3.63, 3.8) is 0 Å². The van der Waals surface area contributed by atoms with E-state index in [2.05, 4.69) is 43.2 Å². The van der Waals surface area contributed by atoms with Gasteiger partial charge in [-0.25, -0.2) is 0 Å². The van der Waals surface area contributed by atoms with Gasteiger partial charge in [-0.1, -0.05) is 26.7 Å². The fourth-order valence-electron chi connectivity index (χ4n) is 2.55. The van der Waals surface area contributed by atoms with Crippen LogP contribution in [0.4, 0.5) is 0 Å². The summed E-state index contributed by atoms with van der Waals surface area (Å²) in [6.07, 6.45) is 6.54. The first-order valence-corrected chi connectivity index (χ1v) is 8.96. The quantitative estimate of drug-likeness (QED) is 0.303. The van der Waals surface area contributed by atoms with Gasteiger partial charge < -0.3 is 15.5 Å². The summed E-state index contributed by atoms with van der Waals surface area (Å²) in [5, 5.41) is 6.90. The molecule has 5 heteroatoms. The van der Waals surface area contributed by atoms with Crippen LogP contribution in [0, 0.1) is 5.92 Å². The molecule has 2 N–H and O–H groups in total. The van der Waals surface area contributed by atoms with E-state index in [1.807, 2.05) is 0 Å². The zero-order valence-electron chi connectivity index (χ0n) is 15.0. The lowest BCUT2D eigenvalue weighted by Crippen LogP contribution is -2.42. The van der Waals surface area contributed by atoms with Crippen molar-refractivity contribution in [1.29, 1.82) is 0 Å². The van der Waals surface area contributed by atoms with Gasteiger partial charge in [-0.2, -0.15) is 0 Å². The van der Waals surface area contributed by atoms with Gasteiger partial charge in [0, 0.05) is 19.1 Å². The third kappa shape index (κ3) is 10.6. The van der Waals surface area contributed by atoms with Gasteiger partial charge in [0.1, 0.15) is 0 Å². The highest BCUT2D eigenvalue weighted by atomic mass is 127. The van der Waals surface area contributed by atoms with Crippen LogP contribution in [0.3, 0.4) is 0 Å². The van der Waals surface area contributed by atoms with E-state index in [0.29, 0.717) is 6.04 Å². The van der Waals surface area contributed by atoms with Gasteiger partial charge >= 0.3 is 0 Å². The van der Waals surface area contributed by atoms with E-state index in [0.717, 1.165) is 38.1 Å². The molecule has 4 nitrogen and oxygen atoms in total. The predicted octanol–water partition coefficient (Wildman–Crippen LogP) is 3.47. The maximum Gasteiger partial charge on any atom is 0.191 e. The van der Waals surface area contributed by atoms with Gasteiger partial charge in [0.05, 0.1) is 0 Å². The Balaban J connectivity index is 0.00000441. The van der Waals surface area contributed by atoms with Crippen LogP contribution in [-0.2, 0) is 0 Å². The molecule has 1 aliphatic rings. The van der Waals surface area contributed by atoms with Crippen molar-refractivity contribution < 1.29 is 0 Å². The van der Waals surface area contributed by atoms with E-state index < -0.39 is 0 Å². The Labute approximate surface area is 154 Å². The molecule has 0 aromatic rings. The molecule has 1 atom stereocenters. The first-order chi connectivity index (χ1) is 10.2. The zero-order valence-corrected chi connectivity index (χ0v) is 17.4. The fourth-order valence-corrected chi connectivity index (χ4v) is 2.55. The Hall–Kier alpha value is -0.0400. The van der Waals surface area contributed by atoms with Crippen LogP contribution < -0.4 is 10.6 Å². The molecule has 0 aliphatic heterocycles. The summed E-state index contributed by atoms with van der Waals surface area (Å²) < 4.78 is 0. The number of nitrogens with zero attached hydrogens (tertiary/aromatic N) is 2. The number of aliphatic imine (C=N–C) groups is 1. The number of nitrogens with one attached hydrogen (secondary N) is 2. The minimum absolute atomic E-state index is 0. The number of halogens is 1. The van der Waals surface area contributed by atoms with Gasteiger partial charge in [-0.15, -0.1) is 24.0 Å².